The topological polar surface area (TPSA) is 19.6 Å². The Labute approximate surface area is 275 Å². The van der Waals surface area contributed by atoms with Gasteiger partial charge in [-0.2, -0.15) is 0 Å². The number of para-hydroxylation sites is 3. The molecule has 0 bridgehead atoms. The van der Waals surface area contributed by atoms with E-state index in [4.69, 9.17) is 4.42 Å². The third-order valence-electron chi connectivity index (χ3n) is 10.0. The lowest BCUT2D eigenvalue weighted by Crippen LogP contribution is -2.61. The number of fused-ring (bicyclic) bond motifs is 10. The van der Waals surface area contributed by atoms with Crippen LogP contribution in [-0.2, 0) is 0 Å². The molecule has 218 valence electrons. The molecule has 2 aliphatic heterocycles. The third kappa shape index (κ3) is 3.41. The molecule has 0 fully saturated rings. The minimum Gasteiger partial charge on any atom is -0.456 e. The Kier molecular flexibility index (Phi) is 5.07. The van der Waals surface area contributed by atoms with E-state index in [2.05, 4.69) is 155 Å². The summed E-state index contributed by atoms with van der Waals surface area (Å²) in [6, 6.07) is 55.3. The van der Waals surface area contributed by atoms with Gasteiger partial charge in [-0.15, -0.1) is 11.3 Å². The average Bonchev–Trinajstić information content (AvgIpc) is 3.70. The second-order valence-corrected chi connectivity index (χ2v) is 13.5. The predicted molar refractivity (Wildman–Crippen MR) is 201 cm³/mol. The SMILES string of the molecule is c1ccc2c(c1)B1c3ccccc3N(c3cccc4oc5ccccc5c34)c3cccc(c31)N2c1ccc2sc3ccccc3c2c1. The molecule has 0 saturated carbocycles. The minimum absolute atomic E-state index is 0.104. The van der Waals surface area contributed by atoms with Gasteiger partial charge in [0.2, 0.25) is 0 Å². The maximum absolute atomic E-state index is 6.38. The number of thiophene rings is 1. The van der Waals surface area contributed by atoms with Crippen molar-refractivity contribution in [1.29, 1.82) is 0 Å². The summed E-state index contributed by atoms with van der Waals surface area (Å²) in [5.74, 6) is 0. The summed E-state index contributed by atoms with van der Waals surface area (Å²) in [6.07, 6.45) is 0. The molecule has 0 spiro atoms. The second-order valence-electron chi connectivity index (χ2n) is 12.5. The highest BCUT2D eigenvalue weighted by Crippen LogP contribution is 2.47. The molecule has 3 nitrogen and oxygen atoms in total. The van der Waals surface area contributed by atoms with Gasteiger partial charge >= 0.3 is 0 Å². The van der Waals surface area contributed by atoms with Gasteiger partial charge in [0.1, 0.15) is 11.2 Å². The quantitative estimate of drug-likeness (QED) is 0.180. The summed E-state index contributed by atoms with van der Waals surface area (Å²) in [4.78, 5) is 4.95. The molecular formula is C42H25BN2OS. The Morgan fingerprint density at radius 2 is 1.04 bits per heavy atom. The van der Waals surface area contributed by atoms with Crippen molar-refractivity contribution in [2.45, 2.75) is 0 Å². The maximum atomic E-state index is 6.38. The van der Waals surface area contributed by atoms with E-state index in [9.17, 15) is 0 Å². The minimum atomic E-state index is 0.104. The molecule has 0 N–H and O–H groups in total. The fraction of sp³-hybridized carbons (Fsp3) is 0. The van der Waals surface area contributed by atoms with Gasteiger partial charge in [0.25, 0.3) is 6.71 Å². The van der Waals surface area contributed by atoms with Crippen LogP contribution in [-0.4, -0.2) is 6.71 Å². The maximum Gasteiger partial charge on any atom is 0.252 e. The van der Waals surface area contributed by atoms with Crippen LogP contribution in [0.2, 0.25) is 0 Å². The van der Waals surface area contributed by atoms with Crippen LogP contribution >= 0.6 is 11.3 Å². The van der Waals surface area contributed by atoms with Crippen LogP contribution in [0.25, 0.3) is 42.1 Å². The first kappa shape index (κ1) is 25.4. The van der Waals surface area contributed by atoms with Gasteiger partial charge in [-0.1, -0.05) is 84.9 Å². The van der Waals surface area contributed by atoms with Gasteiger partial charge < -0.3 is 14.2 Å². The van der Waals surface area contributed by atoms with Crippen LogP contribution in [0.15, 0.2) is 156 Å². The van der Waals surface area contributed by atoms with E-state index in [1.807, 2.05) is 17.4 Å². The normalized spacial score (nSPS) is 13.4. The van der Waals surface area contributed by atoms with Crippen LogP contribution in [0.1, 0.15) is 0 Å². The van der Waals surface area contributed by atoms with Gasteiger partial charge in [0, 0.05) is 54.0 Å². The number of nitrogens with zero attached hydrogens (tertiary/aromatic N) is 2. The molecule has 9 aromatic rings. The summed E-state index contributed by atoms with van der Waals surface area (Å²) in [7, 11) is 0. The number of hydrogen-bond donors (Lipinski definition) is 0. The third-order valence-corrected chi connectivity index (χ3v) is 11.2. The van der Waals surface area contributed by atoms with Crippen molar-refractivity contribution in [3.8, 4) is 0 Å². The van der Waals surface area contributed by atoms with Gasteiger partial charge in [-0.05, 0) is 83.1 Å². The monoisotopic (exact) mass is 616 g/mol. The van der Waals surface area contributed by atoms with E-state index in [1.54, 1.807) is 0 Å². The first-order chi connectivity index (χ1) is 23.3. The molecular weight excluding hydrogens is 591 g/mol. The number of anilines is 6. The lowest BCUT2D eigenvalue weighted by atomic mass is 9.33. The lowest BCUT2D eigenvalue weighted by molar-refractivity contribution is 0.669. The zero-order chi connectivity index (χ0) is 30.6. The zero-order valence-electron chi connectivity index (χ0n) is 25.2. The van der Waals surface area contributed by atoms with Crippen LogP contribution in [0.3, 0.4) is 0 Å². The van der Waals surface area contributed by atoms with Crippen LogP contribution in [0.5, 0.6) is 0 Å². The second kappa shape index (κ2) is 9.38. The Bertz CT molecular complexity index is 2740. The fourth-order valence-corrected chi connectivity index (χ4v) is 9.26. The standard InChI is InChI=1S/C42H25BN2OS/c1-7-20-37-28(12-1)41-34(17-10-21-38(41)46-37)45-33-16-6-4-14-31(33)43-30-13-3-5-15-32(30)44(35-18-9-19-36(45)42(35)43)26-23-24-40-29(25-26)27-11-2-8-22-39(27)47-40/h1-25H. The van der Waals surface area contributed by atoms with Crippen molar-refractivity contribution in [3.05, 3.63) is 152 Å². The highest BCUT2D eigenvalue weighted by molar-refractivity contribution is 7.25. The first-order valence-corrected chi connectivity index (χ1v) is 16.9. The van der Waals surface area contributed by atoms with Crippen LogP contribution < -0.4 is 26.2 Å². The molecule has 4 heterocycles. The van der Waals surface area contributed by atoms with Gasteiger partial charge in [0.15, 0.2) is 0 Å². The molecule has 11 rings (SSSR count). The van der Waals surface area contributed by atoms with E-state index < -0.39 is 0 Å². The Morgan fingerprint density at radius 3 is 1.89 bits per heavy atom. The predicted octanol–water partition coefficient (Wildman–Crippen LogP) is 10.0. The molecule has 7 aromatic carbocycles. The van der Waals surface area contributed by atoms with Crippen molar-refractivity contribution in [2.24, 2.45) is 0 Å². The zero-order valence-corrected chi connectivity index (χ0v) is 26.0. The fourth-order valence-electron chi connectivity index (χ4n) is 8.17. The highest BCUT2D eigenvalue weighted by Gasteiger charge is 2.43. The number of hydrogen-bond acceptors (Lipinski definition) is 4. The van der Waals surface area contributed by atoms with E-state index in [0.717, 1.165) is 27.6 Å². The van der Waals surface area contributed by atoms with Crippen molar-refractivity contribution in [3.63, 3.8) is 0 Å². The number of rotatable bonds is 2. The van der Waals surface area contributed by atoms with Crippen LogP contribution in [0, 0.1) is 0 Å². The molecule has 0 amide bonds. The average molecular weight is 617 g/mol. The van der Waals surface area contributed by atoms with Crippen molar-refractivity contribution >= 4 is 111 Å². The molecule has 47 heavy (non-hydrogen) atoms. The van der Waals surface area contributed by atoms with E-state index in [-0.39, 0.29) is 6.71 Å². The summed E-state index contributed by atoms with van der Waals surface area (Å²) < 4.78 is 9.02. The first-order valence-electron chi connectivity index (χ1n) is 16.1. The summed E-state index contributed by atoms with van der Waals surface area (Å²) >= 11 is 1.86. The molecule has 2 aliphatic rings. The molecule has 0 atom stereocenters. The largest absolute Gasteiger partial charge is 0.456 e. The van der Waals surface area contributed by atoms with Crippen molar-refractivity contribution in [2.75, 3.05) is 9.80 Å². The number of benzene rings is 7. The summed E-state index contributed by atoms with van der Waals surface area (Å²) in [5, 5.41) is 4.88. The Morgan fingerprint density at radius 1 is 0.447 bits per heavy atom. The highest BCUT2D eigenvalue weighted by atomic mass is 32.1. The van der Waals surface area contributed by atoms with Crippen molar-refractivity contribution < 1.29 is 4.42 Å². The molecule has 0 aliphatic carbocycles. The Hall–Kier alpha value is -5.78. The smallest absolute Gasteiger partial charge is 0.252 e. The van der Waals surface area contributed by atoms with Gasteiger partial charge in [0.05, 0.1) is 11.1 Å². The van der Waals surface area contributed by atoms with Gasteiger partial charge in [-0.25, -0.2) is 0 Å². The molecule has 0 unspecified atom stereocenters. The summed E-state index contributed by atoms with van der Waals surface area (Å²) in [6.45, 7) is 0.104. The van der Waals surface area contributed by atoms with E-state index in [1.165, 1.54) is 65.0 Å². The van der Waals surface area contributed by atoms with Gasteiger partial charge in [-0.3, -0.25) is 0 Å². The molecule has 0 saturated heterocycles. The molecule has 2 aromatic heterocycles. The Balaban J connectivity index is 1.21. The number of furan rings is 1. The molecule has 0 radical (unpaired) electrons. The van der Waals surface area contributed by atoms with Crippen molar-refractivity contribution in [1.82, 2.24) is 0 Å². The van der Waals surface area contributed by atoms with Crippen LogP contribution in [0.4, 0.5) is 34.1 Å². The van der Waals surface area contributed by atoms with E-state index >= 15 is 0 Å². The lowest BCUT2D eigenvalue weighted by Gasteiger charge is -2.44. The molecule has 5 heteroatoms. The van der Waals surface area contributed by atoms with E-state index in [0.29, 0.717) is 0 Å². The summed E-state index contributed by atoms with van der Waals surface area (Å²) in [5.41, 5.74) is 12.9.